The van der Waals surface area contributed by atoms with Crippen molar-refractivity contribution in [3.8, 4) is 0 Å². The van der Waals surface area contributed by atoms with Gasteiger partial charge in [-0.2, -0.15) is 5.10 Å². The minimum atomic E-state index is 0.440. The largest absolute Gasteiger partial charge is 0.313 e. The standard InChI is InChI=1S/C15H24N4S/c1-4-6-16-14(8-15-18-12(3)11-20-15)7-13-9-17-19(5-2)10-13/h9-11,14,16H,4-8H2,1-3H3. The lowest BCUT2D eigenvalue weighted by Crippen LogP contribution is -2.33. The van der Waals surface area contributed by atoms with Gasteiger partial charge in [-0.05, 0) is 38.8 Å². The normalized spacial score (nSPS) is 12.8. The summed E-state index contributed by atoms with van der Waals surface area (Å²) in [5.41, 5.74) is 2.42. The Kier molecular flexibility index (Phi) is 5.73. The number of aromatic nitrogens is 3. The van der Waals surface area contributed by atoms with Crippen molar-refractivity contribution in [3.63, 3.8) is 0 Å². The molecule has 0 aliphatic carbocycles. The average molecular weight is 292 g/mol. The van der Waals surface area contributed by atoms with Crippen LogP contribution in [0.25, 0.3) is 0 Å². The fourth-order valence-electron chi connectivity index (χ4n) is 2.24. The molecule has 0 saturated carbocycles. The van der Waals surface area contributed by atoms with E-state index >= 15 is 0 Å². The van der Waals surface area contributed by atoms with E-state index in [1.165, 1.54) is 10.6 Å². The summed E-state index contributed by atoms with van der Waals surface area (Å²) < 4.78 is 1.99. The average Bonchev–Trinajstić information content (AvgIpc) is 3.05. The molecular formula is C15H24N4S. The van der Waals surface area contributed by atoms with Gasteiger partial charge in [-0.15, -0.1) is 11.3 Å². The molecule has 0 aromatic carbocycles. The van der Waals surface area contributed by atoms with Crippen LogP contribution in [0.4, 0.5) is 0 Å². The molecule has 0 amide bonds. The van der Waals surface area contributed by atoms with Crippen LogP contribution in [0.3, 0.4) is 0 Å². The Hall–Kier alpha value is -1.20. The molecule has 2 heterocycles. The molecule has 2 aromatic rings. The van der Waals surface area contributed by atoms with E-state index in [-0.39, 0.29) is 0 Å². The van der Waals surface area contributed by atoms with E-state index in [1.807, 2.05) is 10.9 Å². The lowest BCUT2D eigenvalue weighted by molar-refractivity contribution is 0.503. The molecule has 5 heteroatoms. The van der Waals surface area contributed by atoms with Crippen LogP contribution in [0.15, 0.2) is 17.8 Å². The number of hydrogen-bond donors (Lipinski definition) is 1. The summed E-state index contributed by atoms with van der Waals surface area (Å²) in [5.74, 6) is 0. The van der Waals surface area contributed by atoms with Gasteiger partial charge in [0.25, 0.3) is 0 Å². The SMILES string of the molecule is CCCNC(Cc1cnn(CC)c1)Cc1nc(C)cs1. The quantitative estimate of drug-likeness (QED) is 0.813. The molecule has 0 aliphatic heterocycles. The molecule has 110 valence electrons. The van der Waals surface area contributed by atoms with Crippen molar-refractivity contribution in [3.05, 3.63) is 34.0 Å². The number of hydrogen-bond acceptors (Lipinski definition) is 4. The van der Waals surface area contributed by atoms with E-state index in [0.717, 1.165) is 38.0 Å². The number of thiazole rings is 1. The van der Waals surface area contributed by atoms with Gasteiger partial charge in [0.05, 0.1) is 11.2 Å². The van der Waals surface area contributed by atoms with Crippen molar-refractivity contribution in [1.82, 2.24) is 20.1 Å². The van der Waals surface area contributed by atoms with Gasteiger partial charge in [0.1, 0.15) is 0 Å². The first kappa shape index (κ1) is 15.2. The van der Waals surface area contributed by atoms with Gasteiger partial charge < -0.3 is 5.32 Å². The second-order valence-corrected chi connectivity index (χ2v) is 6.09. The van der Waals surface area contributed by atoms with Crippen LogP contribution in [-0.2, 0) is 19.4 Å². The second-order valence-electron chi connectivity index (χ2n) is 5.15. The van der Waals surface area contributed by atoms with Crippen molar-refractivity contribution in [1.29, 1.82) is 0 Å². The minimum Gasteiger partial charge on any atom is -0.313 e. The minimum absolute atomic E-state index is 0.440. The molecule has 4 nitrogen and oxygen atoms in total. The smallest absolute Gasteiger partial charge is 0.0943 e. The fourth-order valence-corrected chi connectivity index (χ4v) is 3.09. The van der Waals surface area contributed by atoms with Crippen molar-refractivity contribution in [2.45, 2.75) is 52.6 Å². The van der Waals surface area contributed by atoms with Crippen LogP contribution in [0, 0.1) is 6.92 Å². The van der Waals surface area contributed by atoms with E-state index in [0.29, 0.717) is 6.04 Å². The van der Waals surface area contributed by atoms with Crippen LogP contribution < -0.4 is 5.32 Å². The third-order valence-corrected chi connectivity index (χ3v) is 4.25. The first-order valence-electron chi connectivity index (χ1n) is 7.37. The number of rotatable bonds is 8. The van der Waals surface area contributed by atoms with Gasteiger partial charge in [0.15, 0.2) is 0 Å². The molecule has 0 radical (unpaired) electrons. The zero-order valence-electron chi connectivity index (χ0n) is 12.6. The highest BCUT2D eigenvalue weighted by atomic mass is 32.1. The molecular weight excluding hydrogens is 268 g/mol. The van der Waals surface area contributed by atoms with Gasteiger partial charge in [0, 0.05) is 36.3 Å². The third kappa shape index (κ3) is 4.42. The zero-order chi connectivity index (χ0) is 14.4. The van der Waals surface area contributed by atoms with E-state index < -0.39 is 0 Å². The highest BCUT2D eigenvalue weighted by Gasteiger charge is 2.13. The summed E-state index contributed by atoms with van der Waals surface area (Å²) in [6.45, 7) is 8.35. The Labute approximate surface area is 125 Å². The number of nitrogens with zero attached hydrogens (tertiary/aromatic N) is 3. The van der Waals surface area contributed by atoms with Gasteiger partial charge in [0.2, 0.25) is 0 Å². The summed E-state index contributed by atoms with van der Waals surface area (Å²) in [4.78, 5) is 4.58. The molecule has 1 N–H and O–H groups in total. The third-order valence-electron chi connectivity index (χ3n) is 3.26. The van der Waals surface area contributed by atoms with Crippen LogP contribution >= 0.6 is 11.3 Å². The Morgan fingerprint density at radius 2 is 2.20 bits per heavy atom. The number of aryl methyl sites for hydroxylation is 2. The van der Waals surface area contributed by atoms with E-state index in [2.05, 4.69) is 47.7 Å². The van der Waals surface area contributed by atoms with E-state index in [9.17, 15) is 0 Å². The van der Waals surface area contributed by atoms with Crippen molar-refractivity contribution in [2.24, 2.45) is 0 Å². The van der Waals surface area contributed by atoms with Crippen LogP contribution in [0.2, 0.25) is 0 Å². The van der Waals surface area contributed by atoms with Crippen LogP contribution in [0.5, 0.6) is 0 Å². The summed E-state index contributed by atoms with van der Waals surface area (Å²) in [6, 6.07) is 0.440. The monoisotopic (exact) mass is 292 g/mol. The Balaban J connectivity index is 1.98. The highest BCUT2D eigenvalue weighted by molar-refractivity contribution is 7.09. The molecule has 0 aliphatic rings. The molecule has 0 spiro atoms. The molecule has 0 fully saturated rings. The molecule has 0 bridgehead atoms. The molecule has 2 rings (SSSR count). The van der Waals surface area contributed by atoms with Crippen molar-refractivity contribution < 1.29 is 0 Å². The van der Waals surface area contributed by atoms with E-state index in [4.69, 9.17) is 0 Å². The Morgan fingerprint density at radius 1 is 1.35 bits per heavy atom. The zero-order valence-corrected chi connectivity index (χ0v) is 13.4. The van der Waals surface area contributed by atoms with Crippen LogP contribution in [-0.4, -0.2) is 27.4 Å². The summed E-state index contributed by atoms with van der Waals surface area (Å²) in [7, 11) is 0. The van der Waals surface area contributed by atoms with E-state index in [1.54, 1.807) is 11.3 Å². The summed E-state index contributed by atoms with van der Waals surface area (Å²) in [5, 5.41) is 11.3. The summed E-state index contributed by atoms with van der Waals surface area (Å²) in [6.07, 6.45) is 7.29. The topological polar surface area (TPSA) is 42.7 Å². The maximum Gasteiger partial charge on any atom is 0.0943 e. The van der Waals surface area contributed by atoms with Gasteiger partial charge in [-0.25, -0.2) is 4.98 Å². The fraction of sp³-hybridized carbons (Fsp3) is 0.600. The lowest BCUT2D eigenvalue weighted by Gasteiger charge is -2.16. The second kappa shape index (κ2) is 7.55. The molecule has 1 atom stereocenters. The maximum absolute atomic E-state index is 4.58. The molecule has 1 unspecified atom stereocenters. The van der Waals surface area contributed by atoms with Gasteiger partial charge in [-0.1, -0.05) is 6.92 Å². The molecule has 2 aromatic heterocycles. The predicted octanol–water partition coefficient (Wildman–Crippen LogP) is 2.82. The highest BCUT2D eigenvalue weighted by Crippen LogP contribution is 2.13. The molecule has 0 saturated heterocycles. The van der Waals surface area contributed by atoms with Gasteiger partial charge in [-0.3, -0.25) is 4.68 Å². The predicted molar refractivity (Wildman–Crippen MR) is 84.2 cm³/mol. The lowest BCUT2D eigenvalue weighted by atomic mass is 10.1. The summed E-state index contributed by atoms with van der Waals surface area (Å²) >= 11 is 1.76. The Bertz CT molecular complexity index is 517. The Morgan fingerprint density at radius 3 is 2.80 bits per heavy atom. The molecule has 20 heavy (non-hydrogen) atoms. The first-order chi connectivity index (χ1) is 9.71. The van der Waals surface area contributed by atoms with Crippen molar-refractivity contribution >= 4 is 11.3 Å². The van der Waals surface area contributed by atoms with Crippen LogP contribution in [0.1, 0.15) is 36.5 Å². The van der Waals surface area contributed by atoms with Gasteiger partial charge >= 0.3 is 0 Å². The first-order valence-corrected chi connectivity index (χ1v) is 8.25. The maximum atomic E-state index is 4.58. The number of nitrogens with one attached hydrogen (secondary N) is 1. The van der Waals surface area contributed by atoms with Crippen molar-refractivity contribution in [2.75, 3.05) is 6.54 Å².